The number of hydrogen-bond donors (Lipinski definition) is 2. The quantitative estimate of drug-likeness (QED) is 0.115. The Balaban J connectivity index is 1.45. The number of ether oxygens (including phenoxy) is 4. The molecule has 2 N–H and O–H groups in total. The van der Waals surface area contributed by atoms with Gasteiger partial charge in [0, 0.05) is 5.56 Å². The van der Waals surface area contributed by atoms with Crippen LogP contribution in [0.4, 0.5) is 0 Å². The summed E-state index contributed by atoms with van der Waals surface area (Å²) in [5, 5.41) is 13.9. The number of amides is 1. The predicted octanol–water partition coefficient (Wildman–Crippen LogP) is 6.90. The van der Waals surface area contributed by atoms with Crippen molar-refractivity contribution in [3.8, 4) is 28.7 Å². The van der Waals surface area contributed by atoms with E-state index in [1.54, 1.807) is 24.3 Å². The fourth-order valence-corrected chi connectivity index (χ4v) is 4.27. The molecule has 5 rings (SSSR count). The van der Waals surface area contributed by atoms with E-state index in [1.807, 2.05) is 91.0 Å². The zero-order valence-corrected chi connectivity index (χ0v) is 24.2. The molecule has 0 aromatic heterocycles. The van der Waals surface area contributed by atoms with E-state index >= 15 is 0 Å². The SMILES string of the molecule is COc1cc(C=NNC(=O)c2cc(OCc3ccccc3)c(OCc3ccccc3)c(OCc3ccccc3)c2)ccc1O. The van der Waals surface area contributed by atoms with Crippen molar-refractivity contribution in [1.82, 2.24) is 5.43 Å². The average Bonchev–Trinajstić information content (AvgIpc) is 3.07. The van der Waals surface area contributed by atoms with Gasteiger partial charge in [0.2, 0.25) is 5.75 Å². The van der Waals surface area contributed by atoms with E-state index in [-0.39, 0.29) is 31.1 Å². The molecule has 0 aliphatic heterocycles. The topological polar surface area (TPSA) is 98.6 Å². The maximum atomic E-state index is 13.3. The lowest BCUT2D eigenvalue weighted by molar-refractivity contribution is 0.0953. The summed E-state index contributed by atoms with van der Waals surface area (Å²) >= 11 is 0. The summed E-state index contributed by atoms with van der Waals surface area (Å²) < 4.78 is 23.9. The van der Waals surface area contributed by atoms with Gasteiger partial charge in [0.05, 0.1) is 13.3 Å². The Hall–Kier alpha value is -5.76. The van der Waals surface area contributed by atoms with E-state index in [1.165, 1.54) is 19.4 Å². The minimum atomic E-state index is -0.476. The highest BCUT2D eigenvalue weighted by Gasteiger charge is 2.20. The molecule has 44 heavy (non-hydrogen) atoms. The van der Waals surface area contributed by atoms with Crippen molar-refractivity contribution in [3.05, 3.63) is 149 Å². The van der Waals surface area contributed by atoms with Gasteiger partial charge in [-0.2, -0.15) is 5.10 Å². The van der Waals surface area contributed by atoms with Gasteiger partial charge < -0.3 is 24.1 Å². The number of benzene rings is 5. The minimum absolute atomic E-state index is 0.00863. The van der Waals surface area contributed by atoms with Crippen LogP contribution < -0.4 is 24.4 Å². The number of nitrogens with one attached hydrogen (secondary N) is 1. The zero-order chi connectivity index (χ0) is 30.6. The van der Waals surface area contributed by atoms with Crippen LogP contribution in [0.3, 0.4) is 0 Å². The molecule has 5 aromatic rings. The fourth-order valence-electron chi connectivity index (χ4n) is 4.27. The van der Waals surface area contributed by atoms with Gasteiger partial charge in [0.1, 0.15) is 19.8 Å². The molecule has 8 nitrogen and oxygen atoms in total. The fraction of sp³-hybridized carbons (Fsp3) is 0.111. The Morgan fingerprint density at radius 1 is 0.682 bits per heavy atom. The minimum Gasteiger partial charge on any atom is -0.504 e. The summed E-state index contributed by atoms with van der Waals surface area (Å²) in [7, 11) is 1.46. The molecule has 0 aliphatic rings. The maximum absolute atomic E-state index is 13.3. The Kier molecular flexibility index (Phi) is 10.1. The van der Waals surface area contributed by atoms with Crippen molar-refractivity contribution in [2.24, 2.45) is 5.10 Å². The number of methoxy groups -OCH3 is 1. The second-order valence-corrected chi connectivity index (χ2v) is 9.75. The molecule has 0 saturated carbocycles. The second kappa shape index (κ2) is 14.9. The van der Waals surface area contributed by atoms with Crippen LogP contribution in [0.2, 0.25) is 0 Å². The van der Waals surface area contributed by atoms with Crippen LogP contribution >= 0.6 is 0 Å². The van der Waals surface area contributed by atoms with Gasteiger partial charge in [-0.3, -0.25) is 4.79 Å². The highest BCUT2D eigenvalue weighted by Crippen LogP contribution is 2.40. The first-order chi connectivity index (χ1) is 21.6. The molecule has 0 heterocycles. The Morgan fingerprint density at radius 2 is 1.18 bits per heavy atom. The molecule has 0 spiro atoms. The molecule has 8 heteroatoms. The Morgan fingerprint density at radius 3 is 1.68 bits per heavy atom. The first-order valence-corrected chi connectivity index (χ1v) is 14.0. The molecule has 0 radical (unpaired) electrons. The summed E-state index contributed by atoms with van der Waals surface area (Å²) in [5.74, 6) is 0.925. The largest absolute Gasteiger partial charge is 0.504 e. The zero-order valence-electron chi connectivity index (χ0n) is 24.2. The summed E-state index contributed by atoms with van der Waals surface area (Å²) in [5.41, 5.74) is 6.33. The van der Waals surface area contributed by atoms with Crippen LogP contribution in [-0.4, -0.2) is 24.3 Å². The number of nitrogens with zero attached hydrogens (tertiary/aromatic N) is 1. The van der Waals surface area contributed by atoms with Gasteiger partial charge in [-0.25, -0.2) is 5.43 Å². The second-order valence-electron chi connectivity index (χ2n) is 9.75. The van der Waals surface area contributed by atoms with Crippen molar-refractivity contribution >= 4 is 12.1 Å². The highest BCUT2D eigenvalue weighted by molar-refractivity contribution is 5.96. The van der Waals surface area contributed by atoms with E-state index in [2.05, 4.69) is 10.5 Å². The molecule has 5 aromatic carbocycles. The lowest BCUT2D eigenvalue weighted by Crippen LogP contribution is -2.18. The maximum Gasteiger partial charge on any atom is 0.271 e. The number of phenolic OH excluding ortho intramolecular Hbond substituents is 1. The van der Waals surface area contributed by atoms with Gasteiger partial charge in [0.15, 0.2) is 23.0 Å². The van der Waals surface area contributed by atoms with Crippen molar-refractivity contribution < 1.29 is 28.8 Å². The molecular formula is C36H32N2O6. The number of rotatable bonds is 13. The normalized spacial score (nSPS) is 10.8. The first kappa shape index (κ1) is 29.7. The predicted molar refractivity (Wildman–Crippen MR) is 168 cm³/mol. The van der Waals surface area contributed by atoms with E-state index in [0.29, 0.717) is 28.6 Å². The molecule has 0 bridgehead atoms. The van der Waals surface area contributed by atoms with E-state index < -0.39 is 5.91 Å². The third kappa shape index (κ3) is 8.17. The van der Waals surface area contributed by atoms with Crippen molar-refractivity contribution in [2.45, 2.75) is 19.8 Å². The average molecular weight is 589 g/mol. The smallest absolute Gasteiger partial charge is 0.271 e. The number of hydrazone groups is 1. The molecule has 0 saturated heterocycles. The summed E-state index contributed by atoms with van der Waals surface area (Å²) in [4.78, 5) is 13.3. The number of phenols is 1. The lowest BCUT2D eigenvalue weighted by atomic mass is 10.1. The van der Waals surface area contributed by atoms with Gasteiger partial charge >= 0.3 is 0 Å². The summed E-state index contributed by atoms with van der Waals surface area (Å²) in [6.45, 7) is 0.787. The highest BCUT2D eigenvalue weighted by atomic mass is 16.5. The molecule has 0 fully saturated rings. The van der Waals surface area contributed by atoms with Crippen molar-refractivity contribution in [1.29, 1.82) is 0 Å². The molecule has 0 atom stereocenters. The molecule has 222 valence electrons. The molecular weight excluding hydrogens is 556 g/mol. The van der Waals surface area contributed by atoms with Gasteiger partial charge in [-0.15, -0.1) is 0 Å². The van der Waals surface area contributed by atoms with Crippen LogP contribution in [0, 0.1) is 0 Å². The summed E-state index contributed by atoms with van der Waals surface area (Å²) in [6.07, 6.45) is 1.46. The van der Waals surface area contributed by atoms with Crippen molar-refractivity contribution in [3.63, 3.8) is 0 Å². The summed E-state index contributed by atoms with van der Waals surface area (Å²) in [6, 6.07) is 37.2. The van der Waals surface area contributed by atoms with Crippen LogP contribution in [0.1, 0.15) is 32.6 Å². The third-order valence-electron chi connectivity index (χ3n) is 6.57. The van der Waals surface area contributed by atoms with E-state index in [0.717, 1.165) is 16.7 Å². The van der Waals surface area contributed by atoms with Gasteiger partial charge in [-0.05, 0) is 52.6 Å². The van der Waals surface area contributed by atoms with E-state index in [4.69, 9.17) is 18.9 Å². The molecule has 0 unspecified atom stereocenters. The first-order valence-electron chi connectivity index (χ1n) is 14.0. The van der Waals surface area contributed by atoms with E-state index in [9.17, 15) is 9.90 Å². The van der Waals surface area contributed by atoms with Gasteiger partial charge in [-0.1, -0.05) is 91.0 Å². The Labute approximate surface area is 256 Å². The number of carbonyl (C=O) groups is 1. The Bertz CT molecular complexity index is 1630. The van der Waals surface area contributed by atoms with Crippen LogP contribution in [-0.2, 0) is 19.8 Å². The third-order valence-corrected chi connectivity index (χ3v) is 6.57. The number of carbonyl (C=O) groups excluding carboxylic acids is 1. The van der Waals surface area contributed by atoms with Crippen LogP contribution in [0.5, 0.6) is 28.7 Å². The van der Waals surface area contributed by atoms with Crippen LogP contribution in [0.15, 0.2) is 126 Å². The van der Waals surface area contributed by atoms with Crippen molar-refractivity contribution in [2.75, 3.05) is 7.11 Å². The number of aromatic hydroxyl groups is 1. The molecule has 0 aliphatic carbocycles. The standard InChI is InChI=1S/C36H32N2O6/c1-41-32-19-29(17-18-31(32)39)22-37-38-36(40)30-20-33(42-23-26-11-5-2-6-12-26)35(44-25-28-15-9-4-10-16-28)34(21-30)43-24-27-13-7-3-8-14-27/h2-22,39H,23-25H2,1H3,(H,38,40). The monoisotopic (exact) mass is 588 g/mol. The lowest BCUT2D eigenvalue weighted by Gasteiger charge is -2.19. The molecule has 1 amide bonds. The van der Waals surface area contributed by atoms with Gasteiger partial charge in [0.25, 0.3) is 5.91 Å². The number of hydrogen-bond acceptors (Lipinski definition) is 7. The van der Waals surface area contributed by atoms with Crippen LogP contribution in [0.25, 0.3) is 0 Å².